The Kier molecular flexibility index (Phi) is 3.89. The van der Waals surface area contributed by atoms with Crippen LogP contribution in [0.2, 0.25) is 0 Å². The molecule has 0 spiro atoms. The van der Waals surface area contributed by atoms with Crippen LogP contribution in [0.4, 0.5) is 21.9 Å². The molecule has 6 nitrogen and oxygen atoms in total. The number of benzene rings is 2. The summed E-state index contributed by atoms with van der Waals surface area (Å²) in [6.07, 6.45) is 0. The Morgan fingerprint density at radius 2 is 1.67 bits per heavy atom. The van der Waals surface area contributed by atoms with E-state index in [2.05, 4.69) is 16.0 Å². The second kappa shape index (κ2) is 5.88. The summed E-state index contributed by atoms with van der Waals surface area (Å²) in [6.45, 7) is 5.38. The molecule has 124 valence electrons. The van der Waals surface area contributed by atoms with E-state index in [4.69, 9.17) is 4.74 Å². The summed E-state index contributed by atoms with van der Waals surface area (Å²) >= 11 is 0. The maximum atomic E-state index is 12.1. The monoisotopic (exact) mass is 325 g/mol. The second-order valence-corrected chi connectivity index (χ2v) is 6.22. The molecular weight excluding hydrogens is 306 g/mol. The van der Waals surface area contributed by atoms with Crippen LogP contribution in [0.5, 0.6) is 5.75 Å². The van der Waals surface area contributed by atoms with E-state index in [1.807, 2.05) is 31.2 Å². The highest BCUT2D eigenvalue weighted by Crippen LogP contribution is 2.35. The van der Waals surface area contributed by atoms with Gasteiger partial charge in [0.2, 0.25) is 0 Å². The van der Waals surface area contributed by atoms with Gasteiger partial charge in [0.25, 0.3) is 5.91 Å². The van der Waals surface area contributed by atoms with Gasteiger partial charge in [0.1, 0.15) is 5.75 Å². The standard InChI is InChI=1S/C18H19N3O3/c1-11-4-6-12(7-5-11)19-17(23)20-13-8-9-15-14(10-13)21-16(22)18(2,3)24-15/h4-10H,1-3H3,(H,21,22)(H2,19,20,23). The summed E-state index contributed by atoms with van der Waals surface area (Å²) in [5, 5.41) is 8.27. The molecule has 0 atom stereocenters. The van der Waals surface area contributed by atoms with Crippen molar-refractivity contribution in [1.82, 2.24) is 0 Å². The molecule has 2 aromatic rings. The molecule has 0 radical (unpaired) electrons. The van der Waals surface area contributed by atoms with Crippen molar-refractivity contribution in [1.29, 1.82) is 0 Å². The lowest BCUT2D eigenvalue weighted by Crippen LogP contribution is -2.45. The summed E-state index contributed by atoms with van der Waals surface area (Å²) in [6, 6.07) is 12.3. The number of hydrogen-bond acceptors (Lipinski definition) is 3. The van der Waals surface area contributed by atoms with Crippen molar-refractivity contribution in [3.63, 3.8) is 0 Å². The first kappa shape index (κ1) is 15.9. The first-order chi connectivity index (χ1) is 11.3. The molecule has 3 amide bonds. The van der Waals surface area contributed by atoms with E-state index < -0.39 is 5.60 Å². The molecule has 0 aromatic heterocycles. The van der Waals surface area contributed by atoms with Crippen molar-refractivity contribution >= 4 is 29.0 Å². The van der Waals surface area contributed by atoms with Crippen molar-refractivity contribution in [3.8, 4) is 5.75 Å². The zero-order chi connectivity index (χ0) is 17.3. The van der Waals surface area contributed by atoms with Gasteiger partial charge >= 0.3 is 6.03 Å². The highest BCUT2D eigenvalue weighted by atomic mass is 16.5. The van der Waals surface area contributed by atoms with Crippen molar-refractivity contribution in [2.75, 3.05) is 16.0 Å². The third kappa shape index (κ3) is 3.32. The van der Waals surface area contributed by atoms with E-state index in [9.17, 15) is 9.59 Å². The molecule has 0 unspecified atom stereocenters. The van der Waals surface area contributed by atoms with Gasteiger partial charge in [-0.2, -0.15) is 0 Å². The number of fused-ring (bicyclic) bond motifs is 1. The SMILES string of the molecule is Cc1ccc(NC(=O)Nc2ccc3c(c2)NC(=O)C(C)(C)O3)cc1. The Balaban J connectivity index is 1.70. The molecule has 0 saturated carbocycles. The van der Waals surface area contributed by atoms with E-state index >= 15 is 0 Å². The third-order valence-electron chi connectivity index (χ3n) is 3.71. The van der Waals surface area contributed by atoms with Crippen LogP contribution in [0.25, 0.3) is 0 Å². The summed E-state index contributed by atoms with van der Waals surface area (Å²) in [4.78, 5) is 24.0. The number of nitrogens with one attached hydrogen (secondary N) is 3. The van der Waals surface area contributed by atoms with Crippen LogP contribution in [0.1, 0.15) is 19.4 Å². The van der Waals surface area contributed by atoms with Gasteiger partial charge in [-0.3, -0.25) is 4.79 Å². The Labute approximate surface area is 140 Å². The fourth-order valence-corrected chi connectivity index (χ4v) is 2.32. The van der Waals surface area contributed by atoms with Crippen LogP contribution in [0.15, 0.2) is 42.5 Å². The minimum atomic E-state index is -0.912. The van der Waals surface area contributed by atoms with Crippen LogP contribution in [0, 0.1) is 6.92 Å². The number of ether oxygens (including phenoxy) is 1. The van der Waals surface area contributed by atoms with Gasteiger partial charge in [-0.15, -0.1) is 0 Å². The van der Waals surface area contributed by atoms with E-state index in [1.54, 1.807) is 32.0 Å². The predicted molar refractivity (Wildman–Crippen MR) is 93.6 cm³/mol. The van der Waals surface area contributed by atoms with E-state index in [0.29, 0.717) is 22.8 Å². The number of anilines is 3. The van der Waals surface area contributed by atoms with Gasteiger partial charge in [-0.25, -0.2) is 4.79 Å². The normalized spacial score (nSPS) is 14.9. The molecule has 0 bridgehead atoms. The van der Waals surface area contributed by atoms with Crippen molar-refractivity contribution < 1.29 is 14.3 Å². The summed E-state index contributed by atoms with van der Waals surface area (Å²) in [7, 11) is 0. The van der Waals surface area contributed by atoms with Crippen LogP contribution in [0.3, 0.4) is 0 Å². The van der Waals surface area contributed by atoms with Gasteiger partial charge < -0.3 is 20.7 Å². The third-order valence-corrected chi connectivity index (χ3v) is 3.71. The number of urea groups is 1. The van der Waals surface area contributed by atoms with Gasteiger partial charge in [-0.1, -0.05) is 17.7 Å². The molecule has 0 aliphatic carbocycles. The molecule has 1 aliphatic heterocycles. The summed E-state index contributed by atoms with van der Waals surface area (Å²) in [5.74, 6) is 0.348. The zero-order valence-corrected chi connectivity index (χ0v) is 13.8. The number of carbonyl (C=O) groups is 2. The molecular formula is C18H19N3O3. The number of carbonyl (C=O) groups excluding carboxylic acids is 2. The quantitative estimate of drug-likeness (QED) is 0.787. The summed E-state index contributed by atoms with van der Waals surface area (Å²) in [5.41, 5.74) is 2.00. The molecule has 2 aromatic carbocycles. The van der Waals surface area contributed by atoms with Gasteiger partial charge in [-0.05, 0) is 51.1 Å². The Morgan fingerprint density at radius 3 is 2.38 bits per heavy atom. The average Bonchev–Trinajstić information content (AvgIpc) is 2.51. The van der Waals surface area contributed by atoms with Crippen molar-refractivity contribution in [3.05, 3.63) is 48.0 Å². The highest BCUT2D eigenvalue weighted by molar-refractivity contribution is 6.03. The largest absolute Gasteiger partial charge is 0.476 e. The van der Waals surface area contributed by atoms with Gasteiger partial charge in [0.15, 0.2) is 5.60 Å². The number of rotatable bonds is 2. The van der Waals surface area contributed by atoms with E-state index in [0.717, 1.165) is 5.56 Å². The molecule has 1 aliphatic rings. The van der Waals surface area contributed by atoms with Gasteiger partial charge in [0.05, 0.1) is 5.69 Å². The molecule has 0 fully saturated rings. The summed E-state index contributed by atoms with van der Waals surface area (Å²) < 4.78 is 5.66. The van der Waals surface area contributed by atoms with E-state index in [-0.39, 0.29) is 11.9 Å². The van der Waals surface area contributed by atoms with Crippen LogP contribution < -0.4 is 20.7 Å². The molecule has 3 rings (SSSR count). The second-order valence-electron chi connectivity index (χ2n) is 6.22. The fraction of sp³-hybridized carbons (Fsp3) is 0.222. The molecule has 3 N–H and O–H groups in total. The fourth-order valence-electron chi connectivity index (χ4n) is 2.32. The Hall–Kier alpha value is -3.02. The molecule has 1 heterocycles. The highest BCUT2D eigenvalue weighted by Gasteiger charge is 2.35. The number of hydrogen-bond donors (Lipinski definition) is 3. The molecule has 24 heavy (non-hydrogen) atoms. The van der Waals surface area contributed by atoms with Crippen LogP contribution in [-0.2, 0) is 4.79 Å². The van der Waals surface area contributed by atoms with Crippen LogP contribution in [-0.4, -0.2) is 17.5 Å². The zero-order valence-electron chi connectivity index (χ0n) is 13.8. The molecule has 6 heteroatoms. The topological polar surface area (TPSA) is 79.5 Å². The maximum Gasteiger partial charge on any atom is 0.323 e. The minimum Gasteiger partial charge on any atom is -0.476 e. The number of aryl methyl sites for hydroxylation is 1. The van der Waals surface area contributed by atoms with Crippen molar-refractivity contribution in [2.45, 2.75) is 26.4 Å². The predicted octanol–water partition coefficient (Wildman–Crippen LogP) is 3.75. The molecule has 0 saturated heterocycles. The first-order valence-electron chi connectivity index (χ1n) is 7.63. The van der Waals surface area contributed by atoms with Gasteiger partial charge in [0, 0.05) is 11.4 Å². The number of amides is 3. The Morgan fingerprint density at radius 1 is 1.04 bits per heavy atom. The van der Waals surface area contributed by atoms with Crippen LogP contribution >= 0.6 is 0 Å². The lowest BCUT2D eigenvalue weighted by Gasteiger charge is -2.31. The maximum absolute atomic E-state index is 12.1. The lowest BCUT2D eigenvalue weighted by molar-refractivity contribution is -0.129. The first-order valence-corrected chi connectivity index (χ1v) is 7.63. The average molecular weight is 325 g/mol. The minimum absolute atomic E-state index is 0.226. The lowest BCUT2D eigenvalue weighted by atomic mass is 10.1. The smallest absolute Gasteiger partial charge is 0.323 e. The Bertz CT molecular complexity index is 798. The van der Waals surface area contributed by atoms with E-state index in [1.165, 1.54) is 0 Å². The van der Waals surface area contributed by atoms with Crippen molar-refractivity contribution in [2.24, 2.45) is 0 Å².